The van der Waals surface area contributed by atoms with Gasteiger partial charge >= 0.3 is 6.09 Å². The van der Waals surface area contributed by atoms with Gasteiger partial charge in [-0.05, 0) is 38.5 Å². The summed E-state index contributed by atoms with van der Waals surface area (Å²) in [7, 11) is 0. The lowest BCUT2D eigenvalue weighted by Gasteiger charge is -2.42. The monoisotopic (exact) mass is 257 g/mol. The minimum absolute atomic E-state index is 0.0689. The van der Waals surface area contributed by atoms with E-state index in [0.717, 1.165) is 6.42 Å². The summed E-state index contributed by atoms with van der Waals surface area (Å²) in [5.74, 6) is 0.233. The number of hydrogen-bond donors (Lipinski definition) is 1. The molecule has 1 amide bonds. The summed E-state index contributed by atoms with van der Waals surface area (Å²) >= 11 is 0. The molecule has 18 heavy (non-hydrogen) atoms. The number of ether oxygens (including phenoxy) is 1. The number of nitrogens with zero attached hydrogens (tertiary/aromatic N) is 1. The van der Waals surface area contributed by atoms with Crippen LogP contribution < -0.4 is 0 Å². The fourth-order valence-corrected chi connectivity index (χ4v) is 2.43. The van der Waals surface area contributed by atoms with Gasteiger partial charge in [-0.15, -0.1) is 0 Å². The summed E-state index contributed by atoms with van der Waals surface area (Å²) < 4.78 is 5.32. The van der Waals surface area contributed by atoms with Gasteiger partial charge in [0.25, 0.3) is 0 Å². The lowest BCUT2D eigenvalue weighted by molar-refractivity contribution is -0.0376. The molecular weight excluding hydrogens is 230 g/mol. The van der Waals surface area contributed by atoms with E-state index in [0.29, 0.717) is 13.1 Å². The van der Waals surface area contributed by atoms with Gasteiger partial charge in [-0.25, -0.2) is 4.79 Å². The molecule has 1 rings (SSSR count). The van der Waals surface area contributed by atoms with Crippen LogP contribution in [0.15, 0.2) is 0 Å². The summed E-state index contributed by atoms with van der Waals surface area (Å²) in [5, 5.41) is 10.2. The summed E-state index contributed by atoms with van der Waals surface area (Å²) in [6.07, 6.45) is 0.0318. The van der Waals surface area contributed by atoms with Crippen molar-refractivity contribution in [2.45, 2.75) is 59.7 Å². The molecule has 1 unspecified atom stereocenters. The van der Waals surface area contributed by atoms with E-state index in [9.17, 15) is 9.90 Å². The Kier molecular flexibility index (Phi) is 4.31. The third-order valence-electron chi connectivity index (χ3n) is 3.35. The average molecular weight is 257 g/mol. The van der Waals surface area contributed by atoms with Crippen molar-refractivity contribution in [3.05, 3.63) is 0 Å². The Hall–Kier alpha value is -0.770. The van der Waals surface area contributed by atoms with Crippen LogP contribution in [0.5, 0.6) is 0 Å². The van der Waals surface area contributed by atoms with Crippen LogP contribution in [-0.4, -0.2) is 40.9 Å². The first-order valence-corrected chi connectivity index (χ1v) is 6.67. The number of likely N-dealkylation sites (tertiary alicyclic amines) is 1. The molecule has 0 aliphatic carbocycles. The zero-order chi connectivity index (χ0) is 14.1. The highest BCUT2D eigenvalue weighted by molar-refractivity contribution is 5.68. The van der Waals surface area contributed by atoms with Crippen molar-refractivity contribution < 1.29 is 14.6 Å². The van der Waals surface area contributed by atoms with Crippen molar-refractivity contribution in [3.63, 3.8) is 0 Å². The maximum atomic E-state index is 11.9. The molecule has 0 bridgehead atoms. The van der Waals surface area contributed by atoms with Crippen LogP contribution in [0.1, 0.15) is 48.0 Å². The Morgan fingerprint density at radius 3 is 2.17 bits per heavy atom. The van der Waals surface area contributed by atoms with Gasteiger partial charge < -0.3 is 14.7 Å². The van der Waals surface area contributed by atoms with Gasteiger partial charge in [-0.2, -0.15) is 0 Å². The summed E-state index contributed by atoms with van der Waals surface area (Å²) in [4.78, 5) is 13.5. The van der Waals surface area contributed by atoms with Gasteiger partial charge in [0.05, 0.1) is 12.6 Å². The van der Waals surface area contributed by atoms with Crippen molar-refractivity contribution in [1.82, 2.24) is 4.90 Å². The Morgan fingerprint density at radius 1 is 1.22 bits per heavy atom. The second-order valence-corrected chi connectivity index (χ2v) is 7.25. The van der Waals surface area contributed by atoms with Gasteiger partial charge in [0.15, 0.2) is 0 Å². The Balaban J connectivity index is 2.59. The maximum Gasteiger partial charge on any atom is 0.410 e. The molecule has 2 atom stereocenters. The molecule has 106 valence electrons. The molecular formula is C14H27NO3. The Bertz CT molecular complexity index is 301. The largest absolute Gasteiger partial charge is 0.444 e. The lowest BCUT2D eigenvalue weighted by atomic mass is 9.74. The Morgan fingerprint density at radius 2 is 1.78 bits per heavy atom. The summed E-state index contributed by atoms with van der Waals surface area (Å²) in [5.41, 5.74) is -0.414. The maximum absolute atomic E-state index is 11.9. The van der Waals surface area contributed by atoms with E-state index in [4.69, 9.17) is 4.74 Å². The number of piperidine rings is 1. The summed E-state index contributed by atoms with van der Waals surface area (Å²) in [6.45, 7) is 13.0. The van der Waals surface area contributed by atoms with Crippen molar-refractivity contribution in [2.24, 2.45) is 11.3 Å². The van der Waals surface area contributed by atoms with Crippen LogP contribution in [-0.2, 0) is 4.74 Å². The SMILES string of the molecule is CC(C)(C)OC(=O)N1CCC(C(C)(C)C)[C@@H](O)C1. The smallest absolute Gasteiger partial charge is 0.410 e. The molecule has 0 aromatic rings. The molecule has 0 saturated carbocycles. The van der Waals surface area contributed by atoms with E-state index in [1.165, 1.54) is 0 Å². The minimum Gasteiger partial charge on any atom is -0.444 e. The first-order chi connectivity index (χ1) is 8.00. The number of amides is 1. The third-order valence-corrected chi connectivity index (χ3v) is 3.35. The number of β-amino-alcohol motifs (C(OH)–C–C–N with tert-alkyl or cyclic N) is 1. The van der Waals surface area contributed by atoms with Crippen molar-refractivity contribution in [1.29, 1.82) is 0 Å². The standard InChI is InChI=1S/C14H27NO3/c1-13(2,3)10-7-8-15(9-11(10)16)12(17)18-14(4,5)6/h10-11,16H,7-9H2,1-6H3/t10?,11-/m0/s1. The topological polar surface area (TPSA) is 49.8 Å². The van der Waals surface area contributed by atoms with Crippen LogP contribution in [0.4, 0.5) is 4.79 Å². The highest BCUT2D eigenvalue weighted by Gasteiger charge is 2.38. The summed E-state index contributed by atoms with van der Waals surface area (Å²) in [6, 6.07) is 0. The molecule has 0 aromatic carbocycles. The number of carbonyl (C=O) groups is 1. The number of aliphatic hydroxyl groups excluding tert-OH is 1. The van der Waals surface area contributed by atoms with Crippen LogP contribution in [0, 0.1) is 11.3 Å². The van der Waals surface area contributed by atoms with Gasteiger partial charge in [0.1, 0.15) is 5.60 Å². The molecule has 1 heterocycles. The molecule has 1 N–H and O–H groups in total. The van der Waals surface area contributed by atoms with E-state index in [1.54, 1.807) is 4.90 Å². The normalized spacial score (nSPS) is 26.1. The second-order valence-electron chi connectivity index (χ2n) is 7.25. The predicted octanol–water partition coefficient (Wildman–Crippen LogP) is 2.65. The molecule has 1 saturated heterocycles. The van der Waals surface area contributed by atoms with Gasteiger partial charge in [0, 0.05) is 6.54 Å². The number of hydrogen-bond acceptors (Lipinski definition) is 3. The molecule has 4 heteroatoms. The van der Waals surface area contributed by atoms with Crippen molar-refractivity contribution >= 4 is 6.09 Å². The zero-order valence-corrected chi connectivity index (χ0v) is 12.5. The first kappa shape index (κ1) is 15.3. The molecule has 0 radical (unpaired) electrons. The van der Waals surface area contributed by atoms with E-state index in [-0.39, 0.29) is 17.4 Å². The quantitative estimate of drug-likeness (QED) is 0.726. The van der Waals surface area contributed by atoms with Gasteiger partial charge in [-0.1, -0.05) is 20.8 Å². The van der Waals surface area contributed by atoms with Crippen LogP contribution in [0.3, 0.4) is 0 Å². The van der Waals surface area contributed by atoms with Gasteiger partial charge in [-0.3, -0.25) is 0 Å². The van der Waals surface area contributed by atoms with Crippen LogP contribution in [0.25, 0.3) is 0 Å². The predicted molar refractivity (Wildman–Crippen MR) is 71.4 cm³/mol. The minimum atomic E-state index is -0.483. The van der Waals surface area contributed by atoms with Gasteiger partial charge in [0.2, 0.25) is 0 Å². The highest BCUT2D eigenvalue weighted by atomic mass is 16.6. The molecule has 0 aromatic heterocycles. The number of aliphatic hydroxyl groups is 1. The number of rotatable bonds is 0. The Labute approximate surface area is 110 Å². The lowest BCUT2D eigenvalue weighted by Crippen LogP contribution is -2.51. The highest BCUT2D eigenvalue weighted by Crippen LogP contribution is 2.34. The molecule has 1 fully saturated rings. The second kappa shape index (κ2) is 5.08. The molecule has 0 spiro atoms. The van der Waals surface area contributed by atoms with E-state index < -0.39 is 11.7 Å². The van der Waals surface area contributed by atoms with Crippen LogP contribution in [0.2, 0.25) is 0 Å². The van der Waals surface area contributed by atoms with E-state index in [1.807, 2.05) is 20.8 Å². The average Bonchev–Trinajstić information content (AvgIpc) is 2.12. The van der Waals surface area contributed by atoms with E-state index >= 15 is 0 Å². The van der Waals surface area contributed by atoms with Crippen molar-refractivity contribution in [2.75, 3.05) is 13.1 Å². The number of carbonyl (C=O) groups excluding carboxylic acids is 1. The molecule has 4 nitrogen and oxygen atoms in total. The molecule has 1 aliphatic rings. The first-order valence-electron chi connectivity index (χ1n) is 6.67. The van der Waals surface area contributed by atoms with E-state index in [2.05, 4.69) is 20.8 Å². The fourth-order valence-electron chi connectivity index (χ4n) is 2.43. The van der Waals surface area contributed by atoms with Crippen molar-refractivity contribution in [3.8, 4) is 0 Å². The third kappa shape index (κ3) is 4.16. The van der Waals surface area contributed by atoms with Crippen LogP contribution >= 0.6 is 0 Å². The zero-order valence-electron chi connectivity index (χ0n) is 12.5. The molecule has 1 aliphatic heterocycles. The fraction of sp³-hybridized carbons (Fsp3) is 0.929.